The van der Waals surface area contributed by atoms with Gasteiger partial charge in [-0.15, -0.1) is 0 Å². The molecule has 3 unspecified atom stereocenters. The van der Waals surface area contributed by atoms with Crippen LogP contribution in [-0.2, 0) is 4.74 Å². The van der Waals surface area contributed by atoms with Gasteiger partial charge < -0.3 is 14.9 Å². The van der Waals surface area contributed by atoms with Crippen molar-refractivity contribution in [2.45, 2.75) is 65.2 Å². The summed E-state index contributed by atoms with van der Waals surface area (Å²) in [6.45, 7) is 8.26. The summed E-state index contributed by atoms with van der Waals surface area (Å²) in [7, 11) is 0. The number of nitrogens with two attached hydrogens (primary N) is 1. The lowest BCUT2D eigenvalue weighted by atomic mass is 10.1. The molecule has 0 amide bonds. The highest BCUT2D eigenvalue weighted by Gasteiger charge is 2.24. The Morgan fingerprint density at radius 3 is 2.53 bits per heavy atom. The molecular weight excluding hydrogens is 214 g/mol. The number of rotatable bonds is 7. The first kappa shape index (κ1) is 14.3. The molecule has 0 aromatic carbocycles. The summed E-state index contributed by atoms with van der Waals surface area (Å²) in [5.41, 5.74) is 6.12. The molecule has 0 saturated heterocycles. The highest BCUT2D eigenvalue weighted by atomic mass is 16.5. The Kier molecular flexibility index (Phi) is 5.72. The van der Waals surface area contributed by atoms with Crippen molar-refractivity contribution < 1.29 is 9.15 Å². The third kappa shape index (κ3) is 4.17. The minimum atomic E-state index is -0.129. The largest absolute Gasteiger partial charge is 0.464 e. The third-order valence-electron chi connectivity index (χ3n) is 2.98. The van der Waals surface area contributed by atoms with Gasteiger partial charge in [0.25, 0.3) is 0 Å². The Hall–Kier alpha value is -0.800. The Morgan fingerprint density at radius 2 is 2.06 bits per heavy atom. The van der Waals surface area contributed by atoms with Gasteiger partial charge >= 0.3 is 0 Å². The standard InChI is InChI=1S/C14H25NO2/c1-5-7-10(3)17-14(12(15)6-2)13-9-8-11(4)16-13/h8-10,12,14H,5-7,15H2,1-4H3. The maximum Gasteiger partial charge on any atom is 0.134 e. The Labute approximate surface area is 104 Å². The molecule has 17 heavy (non-hydrogen) atoms. The van der Waals surface area contributed by atoms with Crippen LogP contribution in [0.1, 0.15) is 57.7 Å². The number of hydrogen-bond acceptors (Lipinski definition) is 3. The number of ether oxygens (including phenoxy) is 1. The molecule has 0 aliphatic rings. The van der Waals surface area contributed by atoms with Gasteiger partial charge in [0.2, 0.25) is 0 Å². The van der Waals surface area contributed by atoms with Crippen molar-refractivity contribution in [2.24, 2.45) is 5.73 Å². The number of hydrogen-bond donors (Lipinski definition) is 1. The van der Waals surface area contributed by atoms with Gasteiger partial charge in [0.1, 0.15) is 17.6 Å². The van der Waals surface area contributed by atoms with E-state index < -0.39 is 0 Å². The van der Waals surface area contributed by atoms with E-state index in [9.17, 15) is 0 Å². The summed E-state index contributed by atoms with van der Waals surface area (Å²) in [4.78, 5) is 0. The lowest BCUT2D eigenvalue weighted by Gasteiger charge is -2.25. The van der Waals surface area contributed by atoms with Crippen molar-refractivity contribution >= 4 is 0 Å². The molecule has 0 aliphatic carbocycles. The first-order valence-electron chi connectivity index (χ1n) is 6.55. The van der Waals surface area contributed by atoms with E-state index in [1.54, 1.807) is 0 Å². The lowest BCUT2D eigenvalue weighted by Crippen LogP contribution is -2.31. The zero-order valence-corrected chi connectivity index (χ0v) is 11.4. The van der Waals surface area contributed by atoms with Crippen LogP contribution in [0.3, 0.4) is 0 Å². The van der Waals surface area contributed by atoms with Crippen LogP contribution in [0.2, 0.25) is 0 Å². The van der Waals surface area contributed by atoms with Gasteiger partial charge in [-0.3, -0.25) is 0 Å². The summed E-state index contributed by atoms with van der Waals surface area (Å²) < 4.78 is 11.7. The topological polar surface area (TPSA) is 48.4 Å². The molecule has 3 heteroatoms. The summed E-state index contributed by atoms with van der Waals surface area (Å²) in [6.07, 6.45) is 3.13. The summed E-state index contributed by atoms with van der Waals surface area (Å²) >= 11 is 0. The first-order valence-corrected chi connectivity index (χ1v) is 6.55. The van der Waals surface area contributed by atoms with Gasteiger partial charge in [-0.05, 0) is 38.8 Å². The van der Waals surface area contributed by atoms with Gasteiger partial charge in [-0.2, -0.15) is 0 Å². The maximum atomic E-state index is 6.12. The molecule has 3 nitrogen and oxygen atoms in total. The molecular formula is C14H25NO2. The lowest BCUT2D eigenvalue weighted by molar-refractivity contribution is -0.0333. The van der Waals surface area contributed by atoms with Crippen LogP contribution >= 0.6 is 0 Å². The highest BCUT2D eigenvalue weighted by Crippen LogP contribution is 2.26. The van der Waals surface area contributed by atoms with Crippen LogP contribution in [0.15, 0.2) is 16.5 Å². The molecule has 2 N–H and O–H groups in total. The second-order valence-electron chi connectivity index (χ2n) is 4.68. The minimum absolute atomic E-state index is 0.0140. The van der Waals surface area contributed by atoms with Crippen molar-refractivity contribution in [3.05, 3.63) is 23.7 Å². The van der Waals surface area contributed by atoms with Crippen LogP contribution in [0.25, 0.3) is 0 Å². The molecule has 0 spiro atoms. The van der Waals surface area contributed by atoms with Gasteiger partial charge in [-0.1, -0.05) is 20.3 Å². The van der Waals surface area contributed by atoms with E-state index in [2.05, 4.69) is 20.8 Å². The fourth-order valence-electron chi connectivity index (χ4n) is 1.92. The first-order chi connectivity index (χ1) is 8.08. The molecule has 1 aromatic heterocycles. The normalized spacial score (nSPS) is 16.8. The third-order valence-corrected chi connectivity index (χ3v) is 2.98. The molecule has 98 valence electrons. The fraction of sp³-hybridized carbons (Fsp3) is 0.714. The highest BCUT2D eigenvalue weighted by molar-refractivity contribution is 5.10. The second-order valence-corrected chi connectivity index (χ2v) is 4.68. The van der Waals surface area contributed by atoms with E-state index in [-0.39, 0.29) is 18.2 Å². The smallest absolute Gasteiger partial charge is 0.134 e. The molecule has 1 heterocycles. The van der Waals surface area contributed by atoms with Gasteiger partial charge in [-0.25, -0.2) is 0 Å². The maximum absolute atomic E-state index is 6.12. The SMILES string of the molecule is CCCC(C)OC(c1ccc(C)o1)C(N)CC. The van der Waals surface area contributed by atoms with E-state index in [4.69, 9.17) is 14.9 Å². The van der Waals surface area contributed by atoms with Crippen molar-refractivity contribution in [1.29, 1.82) is 0 Å². The van der Waals surface area contributed by atoms with E-state index in [1.807, 2.05) is 19.1 Å². The van der Waals surface area contributed by atoms with Crippen molar-refractivity contribution in [3.8, 4) is 0 Å². The van der Waals surface area contributed by atoms with Gasteiger partial charge in [0, 0.05) is 6.04 Å². The quantitative estimate of drug-likeness (QED) is 0.791. The summed E-state index contributed by atoms with van der Waals surface area (Å²) in [5.74, 6) is 1.75. The minimum Gasteiger partial charge on any atom is -0.464 e. The van der Waals surface area contributed by atoms with Gasteiger partial charge in [0.15, 0.2) is 0 Å². The average molecular weight is 239 g/mol. The predicted molar refractivity (Wildman–Crippen MR) is 69.9 cm³/mol. The van der Waals surface area contributed by atoms with Crippen LogP contribution in [0.4, 0.5) is 0 Å². The Balaban J connectivity index is 2.74. The number of furan rings is 1. The Morgan fingerprint density at radius 1 is 1.35 bits per heavy atom. The Bertz CT molecular complexity index is 322. The van der Waals surface area contributed by atoms with E-state index >= 15 is 0 Å². The summed E-state index contributed by atoms with van der Waals surface area (Å²) in [5, 5.41) is 0. The van der Waals surface area contributed by atoms with Crippen molar-refractivity contribution in [1.82, 2.24) is 0 Å². The van der Waals surface area contributed by atoms with Crippen molar-refractivity contribution in [3.63, 3.8) is 0 Å². The average Bonchev–Trinajstić information content (AvgIpc) is 2.72. The van der Waals surface area contributed by atoms with E-state index in [1.165, 1.54) is 0 Å². The van der Waals surface area contributed by atoms with Crippen LogP contribution in [0, 0.1) is 6.92 Å². The van der Waals surface area contributed by atoms with Crippen LogP contribution < -0.4 is 5.73 Å². The summed E-state index contributed by atoms with van der Waals surface area (Å²) in [6, 6.07) is 3.91. The molecule has 0 radical (unpaired) electrons. The monoisotopic (exact) mass is 239 g/mol. The van der Waals surface area contributed by atoms with E-state index in [0.717, 1.165) is 30.8 Å². The molecule has 0 saturated carbocycles. The number of aryl methyl sites for hydroxylation is 1. The van der Waals surface area contributed by atoms with Crippen LogP contribution in [0.5, 0.6) is 0 Å². The zero-order valence-electron chi connectivity index (χ0n) is 11.4. The fourth-order valence-corrected chi connectivity index (χ4v) is 1.92. The molecule has 0 bridgehead atoms. The molecule has 3 atom stereocenters. The molecule has 0 fully saturated rings. The molecule has 1 rings (SSSR count). The van der Waals surface area contributed by atoms with Crippen molar-refractivity contribution in [2.75, 3.05) is 0 Å². The van der Waals surface area contributed by atoms with Crippen LogP contribution in [-0.4, -0.2) is 12.1 Å². The second kappa shape index (κ2) is 6.82. The van der Waals surface area contributed by atoms with Gasteiger partial charge in [0.05, 0.1) is 6.10 Å². The zero-order chi connectivity index (χ0) is 12.8. The van der Waals surface area contributed by atoms with E-state index in [0.29, 0.717) is 0 Å². The molecule has 0 aliphatic heterocycles. The predicted octanol–water partition coefficient (Wildman–Crippen LogP) is 3.57. The molecule has 1 aromatic rings.